The van der Waals surface area contributed by atoms with Crippen molar-refractivity contribution in [3.8, 4) is 11.8 Å². The highest BCUT2D eigenvalue weighted by atomic mass is 16.5. The summed E-state index contributed by atoms with van der Waals surface area (Å²) >= 11 is 0. The van der Waals surface area contributed by atoms with E-state index in [0.29, 0.717) is 6.42 Å². The zero-order valence-electron chi connectivity index (χ0n) is 59.0. The van der Waals surface area contributed by atoms with Crippen LogP contribution in [0.5, 0.6) is 0 Å². The first-order valence-electron chi connectivity index (χ1n) is 32.2. The minimum atomic E-state index is 0.0926. The molecule has 1 aromatic carbocycles. The second kappa shape index (κ2) is 110. The number of hydrogen-bond acceptors (Lipinski definition) is 5. The highest BCUT2D eigenvalue weighted by Gasteiger charge is 2.29. The molecule has 1 aliphatic carbocycles. The van der Waals surface area contributed by atoms with Gasteiger partial charge >= 0.3 is 0 Å². The van der Waals surface area contributed by atoms with Crippen LogP contribution >= 0.6 is 0 Å². The van der Waals surface area contributed by atoms with Gasteiger partial charge in [0.15, 0.2) is 0 Å². The summed E-state index contributed by atoms with van der Waals surface area (Å²) < 4.78 is 14.5. The van der Waals surface area contributed by atoms with E-state index in [9.17, 15) is 4.79 Å². The first kappa shape index (κ1) is 101. The van der Waals surface area contributed by atoms with Gasteiger partial charge in [0.1, 0.15) is 0 Å². The van der Waals surface area contributed by atoms with Crippen molar-refractivity contribution in [2.45, 2.75) is 301 Å². The molecule has 6 nitrogen and oxygen atoms in total. The molecular weight excluding hydrogens is 957 g/mol. The van der Waals surface area contributed by atoms with E-state index in [1.54, 1.807) is 21.3 Å². The van der Waals surface area contributed by atoms with Crippen LogP contribution in [0.1, 0.15) is 307 Å². The second-order valence-electron chi connectivity index (χ2n) is 18.8. The monoisotopic (exact) mass is 1110 g/mol. The smallest absolute Gasteiger partial charge is 0.219 e. The van der Waals surface area contributed by atoms with E-state index in [0.717, 1.165) is 70.4 Å². The van der Waals surface area contributed by atoms with E-state index in [2.05, 4.69) is 209 Å². The number of benzene rings is 1. The molecule has 1 aliphatic rings. The molecule has 0 aromatic heterocycles. The van der Waals surface area contributed by atoms with Gasteiger partial charge in [0.05, 0.1) is 0 Å². The number of unbranched alkanes of at least 4 members (excludes halogenated alkanes) is 7. The summed E-state index contributed by atoms with van der Waals surface area (Å²) in [6.45, 7) is 57.1. The van der Waals surface area contributed by atoms with E-state index >= 15 is 0 Å². The summed E-state index contributed by atoms with van der Waals surface area (Å²) in [7, 11) is 7.22. The number of nitrogens with one attached hydrogen (secondary N) is 1. The van der Waals surface area contributed by atoms with Crippen molar-refractivity contribution in [3.05, 3.63) is 65.8 Å². The van der Waals surface area contributed by atoms with Crippen LogP contribution in [0.4, 0.5) is 0 Å². The molecule has 1 N–H and O–H groups in total. The molecule has 0 saturated heterocycles. The summed E-state index contributed by atoms with van der Waals surface area (Å²) in [4.78, 5) is 12.4. The normalized spacial score (nSPS) is 11.9. The maximum atomic E-state index is 10.1. The van der Waals surface area contributed by atoms with E-state index in [1.165, 1.54) is 126 Å². The Kier molecular flexibility index (Phi) is 142. The van der Waals surface area contributed by atoms with Gasteiger partial charge in [-0.1, -0.05) is 255 Å². The minimum Gasteiger partial charge on any atom is -0.385 e. The zero-order valence-corrected chi connectivity index (χ0v) is 59.0. The Balaban J connectivity index is -0.0000000699. The molecule has 78 heavy (non-hydrogen) atoms. The fraction of sp³-hybridized carbons (Fsp3) is 0.792. The lowest BCUT2D eigenvalue weighted by Crippen LogP contribution is -2.17. The number of ether oxygens (including phenoxy) is 3. The van der Waals surface area contributed by atoms with Crippen molar-refractivity contribution in [2.75, 3.05) is 67.8 Å². The number of carbonyl (C=O) groups excluding carboxylic acids is 1. The molecular formula is C72H150N2O4. The van der Waals surface area contributed by atoms with E-state index < -0.39 is 0 Å². The average molecular weight is 1110 g/mol. The molecule has 0 aliphatic heterocycles. The summed E-state index contributed by atoms with van der Waals surface area (Å²) in [5.41, 5.74) is 4.16. The Hall–Kier alpha value is -2.69. The second-order valence-corrected chi connectivity index (χ2v) is 18.8. The third kappa shape index (κ3) is 146. The quantitative estimate of drug-likeness (QED) is 0.0672. The van der Waals surface area contributed by atoms with Crippen molar-refractivity contribution < 1.29 is 19.0 Å². The van der Waals surface area contributed by atoms with Crippen LogP contribution in [0.25, 0.3) is 5.57 Å². The molecule has 0 heterocycles. The predicted molar refractivity (Wildman–Crippen MR) is 366 cm³/mol. The third-order valence-electron chi connectivity index (χ3n) is 11.0. The Morgan fingerprint density at radius 2 is 1.14 bits per heavy atom. The van der Waals surface area contributed by atoms with Crippen molar-refractivity contribution in [2.24, 2.45) is 11.8 Å². The Bertz CT molecular complexity index is 1170. The van der Waals surface area contributed by atoms with Crippen molar-refractivity contribution in [3.63, 3.8) is 0 Å². The topological polar surface area (TPSA) is 60.0 Å². The molecule has 0 radical (unpaired) electrons. The van der Waals surface area contributed by atoms with Crippen LogP contribution in [-0.2, 0) is 19.0 Å². The number of hydrogen-bond donors (Lipinski definition) is 1. The maximum absolute atomic E-state index is 10.1. The van der Waals surface area contributed by atoms with Crippen molar-refractivity contribution in [1.29, 1.82) is 0 Å². The van der Waals surface area contributed by atoms with E-state index in [-0.39, 0.29) is 5.91 Å². The van der Waals surface area contributed by atoms with Gasteiger partial charge in [-0.2, -0.15) is 0 Å². The molecule has 1 saturated carbocycles. The maximum Gasteiger partial charge on any atom is 0.219 e. The van der Waals surface area contributed by atoms with Gasteiger partial charge in [0.2, 0.25) is 5.91 Å². The number of nitrogens with zero attached hydrogens (tertiary/aromatic N) is 1. The van der Waals surface area contributed by atoms with Crippen LogP contribution < -0.4 is 5.32 Å². The summed E-state index contributed by atoms with van der Waals surface area (Å²) in [6, 6.07) is 10.5. The molecule has 1 fully saturated rings. The van der Waals surface area contributed by atoms with Crippen LogP contribution in [-0.4, -0.2) is 78.6 Å². The van der Waals surface area contributed by atoms with Gasteiger partial charge in [-0.3, -0.25) is 4.79 Å². The first-order valence-corrected chi connectivity index (χ1v) is 32.2. The van der Waals surface area contributed by atoms with Gasteiger partial charge in [-0.05, 0) is 136 Å². The van der Waals surface area contributed by atoms with Gasteiger partial charge < -0.3 is 24.4 Å². The van der Waals surface area contributed by atoms with Gasteiger partial charge in [0, 0.05) is 60.5 Å². The lowest BCUT2D eigenvalue weighted by atomic mass is 10.1. The van der Waals surface area contributed by atoms with Gasteiger partial charge in [-0.15, -0.1) is 11.8 Å². The van der Waals surface area contributed by atoms with Crippen LogP contribution in [0, 0.1) is 23.7 Å². The molecule has 0 spiro atoms. The van der Waals surface area contributed by atoms with Crippen LogP contribution in [0.15, 0.2) is 60.2 Å². The van der Waals surface area contributed by atoms with Crippen LogP contribution in [0.3, 0.4) is 0 Å². The third-order valence-corrected chi connectivity index (χ3v) is 11.0. The number of carbonyl (C=O) groups is 1. The Labute approximate surface area is 496 Å². The fourth-order valence-corrected chi connectivity index (χ4v) is 5.06. The van der Waals surface area contributed by atoms with Crippen LogP contribution in [0.2, 0.25) is 0 Å². The molecule has 0 bridgehead atoms. The molecule has 2 unspecified atom stereocenters. The molecule has 2 atom stereocenters. The largest absolute Gasteiger partial charge is 0.385 e. The first-order chi connectivity index (χ1) is 37.4. The van der Waals surface area contributed by atoms with Crippen molar-refractivity contribution in [1.82, 2.24) is 10.2 Å². The fourth-order valence-electron chi connectivity index (χ4n) is 5.06. The highest BCUT2D eigenvalue weighted by molar-refractivity contribution is 5.75. The summed E-state index contributed by atoms with van der Waals surface area (Å²) in [5.74, 6) is 7.89. The summed E-state index contributed by atoms with van der Waals surface area (Å²) in [5, 5.41) is 2.48. The Morgan fingerprint density at radius 3 is 1.27 bits per heavy atom. The SMILES string of the molecule is C/C=C(\C)CC.C/C=C/CC.CC#CCC.CC/C=C(/C)c1ccccc1.CCC(=O)NC.CCC1CC1C.CCCC.CCCCC.CCCCCC.CCCCOC.CCCN(C)CC.CCCOC.CCCOCC. The molecule has 1 aromatic rings. The lowest BCUT2D eigenvalue weighted by molar-refractivity contribution is -0.120. The van der Waals surface area contributed by atoms with E-state index in [1.807, 2.05) is 40.7 Å². The Morgan fingerprint density at radius 1 is 0.654 bits per heavy atom. The minimum absolute atomic E-state index is 0.0926. The van der Waals surface area contributed by atoms with Crippen molar-refractivity contribution >= 4 is 11.5 Å². The molecule has 472 valence electrons. The number of allylic oxidation sites excluding steroid dienone is 6. The number of rotatable bonds is 23. The standard InChI is InChI=1S/C11H14.C6H15N.2C6H12.C6H14.2C5H12O.C5H12.C5H10.C5H8.C4H9NO.C4H10O.C4H10/c1-3-7-10(2)11-8-5-4-6-9-11;1-4-6-7(3)5-2;1-3-6-4-5(6)2;1-4-6(3)5-2;1-3-5-6-4-2;1-3-4-5-6-2;1-3-5-6-4-2;3*1-3-5-4-2;1-3-4(6)5-2;1-3-4-5-2;1-3-4-2/h4-9H,3H2,1-2H3;4-6H2,1-3H3;5-6H,3-4H2,1-2H3;4H,5H2,1-3H3;3-6H2,1-2H3;2*3-5H2,1-2H3;3-5H2,1-2H3;3,5H,4H2,1-2H3;3H2,1-2H3;3H2,1-2H3,(H,5,6);3-4H2,1-2H3;3-4H2,1-2H3/b10-7-;;;6-4+;;;;;5-3+;;;;. The predicted octanol–water partition coefficient (Wildman–Crippen LogP) is 23.3. The average Bonchev–Trinajstić information content (AvgIpc) is 4.20. The van der Waals surface area contributed by atoms with E-state index in [4.69, 9.17) is 14.2 Å². The summed E-state index contributed by atoms with van der Waals surface area (Å²) in [6.07, 6.45) is 34.7. The number of amides is 1. The molecule has 6 heteroatoms. The zero-order chi connectivity index (χ0) is 62.7. The lowest BCUT2D eigenvalue weighted by Gasteiger charge is -2.10. The molecule has 2 rings (SSSR count). The van der Waals surface area contributed by atoms with Gasteiger partial charge in [0.25, 0.3) is 0 Å². The van der Waals surface area contributed by atoms with Gasteiger partial charge in [-0.25, -0.2) is 0 Å². The number of methoxy groups -OCH3 is 2. The molecule has 1 amide bonds. The highest BCUT2D eigenvalue weighted by Crippen LogP contribution is 2.39.